The van der Waals surface area contributed by atoms with Crippen LogP contribution in [0.25, 0.3) is 0 Å². The SMILES string of the molecule is CN(CCO)C(=O)c1cccc(F)c1F. The van der Waals surface area contributed by atoms with E-state index in [1.165, 1.54) is 19.2 Å². The lowest BCUT2D eigenvalue weighted by Gasteiger charge is -2.15. The lowest BCUT2D eigenvalue weighted by Crippen LogP contribution is -2.30. The zero-order valence-electron chi connectivity index (χ0n) is 8.20. The Labute approximate surface area is 85.9 Å². The fraction of sp³-hybridized carbons (Fsp3) is 0.300. The molecular weight excluding hydrogens is 204 g/mol. The molecule has 0 fully saturated rings. The Morgan fingerprint density at radius 3 is 2.73 bits per heavy atom. The monoisotopic (exact) mass is 215 g/mol. The lowest BCUT2D eigenvalue weighted by atomic mass is 10.2. The molecule has 0 aliphatic carbocycles. The first-order valence-corrected chi connectivity index (χ1v) is 4.38. The lowest BCUT2D eigenvalue weighted by molar-refractivity contribution is 0.0761. The van der Waals surface area contributed by atoms with E-state index in [0.29, 0.717) is 0 Å². The van der Waals surface area contributed by atoms with Crippen molar-refractivity contribution in [1.29, 1.82) is 0 Å². The van der Waals surface area contributed by atoms with E-state index in [4.69, 9.17) is 5.11 Å². The molecule has 0 bridgehead atoms. The van der Waals surface area contributed by atoms with E-state index in [1.54, 1.807) is 0 Å². The molecule has 0 aliphatic rings. The number of halogens is 2. The number of hydrogen-bond acceptors (Lipinski definition) is 2. The maximum atomic E-state index is 13.2. The Hall–Kier alpha value is -1.49. The molecule has 0 heterocycles. The molecule has 0 atom stereocenters. The molecule has 1 aromatic carbocycles. The Kier molecular flexibility index (Phi) is 3.74. The molecule has 0 saturated heterocycles. The van der Waals surface area contributed by atoms with Crippen LogP contribution in [0.3, 0.4) is 0 Å². The Bertz CT molecular complexity index is 368. The number of rotatable bonds is 3. The van der Waals surface area contributed by atoms with Crippen molar-refractivity contribution >= 4 is 5.91 Å². The van der Waals surface area contributed by atoms with Gasteiger partial charge in [-0.05, 0) is 12.1 Å². The fourth-order valence-corrected chi connectivity index (χ4v) is 1.13. The molecule has 15 heavy (non-hydrogen) atoms. The van der Waals surface area contributed by atoms with Gasteiger partial charge in [-0.1, -0.05) is 6.07 Å². The summed E-state index contributed by atoms with van der Waals surface area (Å²) in [6, 6.07) is 3.41. The molecule has 3 nitrogen and oxygen atoms in total. The van der Waals surface area contributed by atoms with E-state index < -0.39 is 17.5 Å². The number of carbonyl (C=O) groups excluding carboxylic acids is 1. The Balaban J connectivity index is 2.96. The van der Waals surface area contributed by atoms with Crippen LogP contribution in [0.4, 0.5) is 8.78 Å². The van der Waals surface area contributed by atoms with E-state index in [0.717, 1.165) is 11.0 Å². The minimum absolute atomic E-state index is 0.0782. The number of carbonyl (C=O) groups is 1. The summed E-state index contributed by atoms with van der Waals surface area (Å²) in [7, 11) is 1.41. The van der Waals surface area contributed by atoms with Crippen molar-refractivity contribution in [2.75, 3.05) is 20.2 Å². The molecule has 0 unspecified atom stereocenters. The Morgan fingerprint density at radius 2 is 2.13 bits per heavy atom. The van der Waals surface area contributed by atoms with E-state index in [1.807, 2.05) is 0 Å². The second kappa shape index (κ2) is 4.84. The highest BCUT2D eigenvalue weighted by atomic mass is 19.2. The molecule has 1 amide bonds. The van der Waals surface area contributed by atoms with Gasteiger partial charge in [0.2, 0.25) is 0 Å². The second-order valence-corrected chi connectivity index (χ2v) is 3.05. The zero-order valence-corrected chi connectivity index (χ0v) is 8.20. The number of benzene rings is 1. The first-order valence-electron chi connectivity index (χ1n) is 4.38. The van der Waals surface area contributed by atoms with Crippen LogP contribution in [0, 0.1) is 11.6 Å². The molecule has 1 N–H and O–H groups in total. The average molecular weight is 215 g/mol. The van der Waals surface area contributed by atoms with Crippen molar-refractivity contribution in [3.05, 3.63) is 35.4 Å². The predicted octanol–water partition coefficient (Wildman–Crippen LogP) is 1.03. The van der Waals surface area contributed by atoms with Crippen molar-refractivity contribution in [3.8, 4) is 0 Å². The van der Waals surface area contributed by atoms with Gasteiger partial charge < -0.3 is 10.0 Å². The van der Waals surface area contributed by atoms with Gasteiger partial charge in [0.05, 0.1) is 12.2 Å². The van der Waals surface area contributed by atoms with Crippen molar-refractivity contribution in [2.45, 2.75) is 0 Å². The van der Waals surface area contributed by atoms with Gasteiger partial charge in [0.25, 0.3) is 5.91 Å². The van der Waals surface area contributed by atoms with Crippen LogP contribution in [0.15, 0.2) is 18.2 Å². The summed E-state index contributed by atoms with van der Waals surface area (Å²) in [5.74, 6) is -2.87. The van der Waals surface area contributed by atoms with Crippen molar-refractivity contribution in [3.63, 3.8) is 0 Å². The van der Waals surface area contributed by atoms with E-state index in [-0.39, 0.29) is 18.7 Å². The standard InChI is InChI=1S/C10H11F2NO2/c1-13(5-6-14)10(15)7-3-2-4-8(11)9(7)12/h2-4,14H,5-6H2,1H3. The van der Waals surface area contributed by atoms with Gasteiger partial charge in [0.1, 0.15) is 0 Å². The van der Waals surface area contributed by atoms with Gasteiger partial charge in [-0.25, -0.2) is 8.78 Å². The predicted molar refractivity (Wildman–Crippen MR) is 50.4 cm³/mol. The van der Waals surface area contributed by atoms with Crippen LogP contribution in [0.5, 0.6) is 0 Å². The van der Waals surface area contributed by atoms with Gasteiger partial charge in [-0.3, -0.25) is 4.79 Å². The zero-order chi connectivity index (χ0) is 11.4. The summed E-state index contributed by atoms with van der Waals surface area (Å²) in [4.78, 5) is 12.6. The molecule has 1 aromatic rings. The molecular formula is C10H11F2NO2. The summed E-state index contributed by atoms with van der Waals surface area (Å²) >= 11 is 0. The van der Waals surface area contributed by atoms with Crippen molar-refractivity contribution < 1.29 is 18.7 Å². The van der Waals surface area contributed by atoms with E-state index >= 15 is 0 Å². The highest BCUT2D eigenvalue weighted by Gasteiger charge is 2.17. The molecule has 1 rings (SSSR count). The average Bonchev–Trinajstić information content (AvgIpc) is 2.21. The number of hydrogen-bond donors (Lipinski definition) is 1. The minimum Gasteiger partial charge on any atom is -0.395 e. The molecule has 5 heteroatoms. The summed E-state index contributed by atoms with van der Waals surface area (Å²) in [6.07, 6.45) is 0. The second-order valence-electron chi connectivity index (χ2n) is 3.05. The molecule has 0 radical (unpaired) electrons. The topological polar surface area (TPSA) is 40.5 Å². The molecule has 0 aliphatic heterocycles. The maximum Gasteiger partial charge on any atom is 0.256 e. The van der Waals surface area contributed by atoms with Gasteiger partial charge >= 0.3 is 0 Å². The summed E-state index contributed by atoms with van der Waals surface area (Å²) < 4.78 is 26.0. The Morgan fingerprint density at radius 1 is 1.47 bits per heavy atom. The molecule has 0 aromatic heterocycles. The molecule has 0 saturated carbocycles. The maximum absolute atomic E-state index is 13.2. The number of likely N-dealkylation sites (N-methyl/N-ethyl adjacent to an activating group) is 1. The smallest absolute Gasteiger partial charge is 0.256 e. The third-order valence-electron chi connectivity index (χ3n) is 1.96. The molecule has 0 spiro atoms. The van der Waals surface area contributed by atoms with Gasteiger partial charge in [0, 0.05) is 13.6 Å². The fourth-order valence-electron chi connectivity index (χ4n) is 1.13. The number of aliphatic hydroxyl groups is 1. The number of aliphatic hydroxyl groups excluding tert-OH is 1. The van der Waals surface area contributed by atoms with E-state index in [9.17, 15) is 13.6 Å². The van der Waals surface area contributed by atoms with Crippen LogP contribution >= 0.6 is 0 Å². The van der Waals surface area contributed by atoms with Crippen LogP contribution in [-0.4, -0.2) is 36.1 Å². The number of nitrogens with zero attached hydrogens (tertiary/aromatic N) is 1. The van der Waals surface area contributed by atoms with Crippen LogP contribution in [0.2, 0.25) is 0 Å². The highest BCUT2D eigenvalue weighted by Crippen LogP contribution is 2.12. The quantitative estimate of drug-likeness (QED) is 0.818. The highest BCUT2D eigenvalue weighted by molar-refractivity contribution is 5.94. The first-order chi connectivity index (χ1) is 7.07. The third kappa shape index (κ3) is 2.50. The number of amides is 1. The van der Waals surface area contributed by atoms with Crippen LogP contribution in [0.1, 0.15) is 10.4 Å². The molecule has 82 valence electrons. The summed E-state index contributed by atoms with van der Waals surface area (Å²) in [5.41, 5.74) is -0.328. The normalized spacial score (nSPS) is 10.1. The summed E-state index contributed by atoms with van der Waals surface area (Å²) in [6.45, 7) is -0.145. The van der Waals surface area contributed by atoms with Crippen LogP contribution in [-0.2, 0) is 0 Å². The first kappa shape index (κ1) is 11.6. The van der Waals surface area contributed by atoms with Gasteiger partial charge in [-0.2, -0.15) is 0 Å². The minimum atomic E-state index is -1.16. The largest absolute Gasteiger partial charge is 0.395 e. The third-order valence-corrected chi connectivity index (χ3v) is 1.96. The van der Waals surface area contributed by atoms with Crippen molar-refractivity contribution in [2.24, 2.45) is 0 Å². The van der Waals surface area contributed by atoms with Gasteiger partial charge in [-0.15, -0.1) is 0 Å². The van der Waals surface area contributed by atoms with Gasteiger partial charge in [0.15, 0.2) is 11.6 Å². The van der Waals surface area contributed by atoms with Crippen LogP contribution < -0.4 is 0 Å². The summed E-state index contributed by atoms with van der Waals surface area (Å²) in [5, 5.41) is 8.59. The van der Waals surface area contributed by atoms with Crippen molar-refractivity contribution in [1.82, 2.24) is 4.90 Å². The van der Waals surface area contributed by atoms with E-state index in [2.05, 4.69) is 0 Å².